The van der Waals surface area contributed by atoms with Gasteiger partial charge in [0.2, 0.25) is 5.89 Å². The van der Waals surface area contributed by atoms with Crippen molar-refractivity contribution in [2.24, 2.45) is 11.7 Å². The number of hydrogen-bond donors (Lipinski definition) is 1. The zero-order valence-electron chi connectivity index (χ0n) is 12.5. The SMILES string of the molecule is NCC1CCCN(C(=O)c2coc(-c3c(F)cccc3F)n2)C1. The molecule has 2 N–H and O–H groups in total. The highest BCUT2D eigenvalue weighted by Crippen LogP contribution is 2.26. The maximum absolute atomic E-state index is 13.7. The molecule has 2 heterocycles. The van der Waals surface area contributed by atoms with Crippen molar-refractivity contribution < 1.29 is 18.0 Å². The third-order valence-electron chi connectivity index (χ3n) is 4.04. The number of aromatic nitrogens is 1. The van der Waals surface area contributed by atoms with Gasteiger partial charge in [-0.05, 0) is 37.4 Å². The van der Waals surface area contributed by atoms with Crippen molar-refractivity contribution in [1.82, 2.24) is 9.88 Å². The van der Waals surface area contributed by atoms with Crippen LogP contribution in [0.5, 0.6) is 0 Å². The lowest BCUT2D eigenvalue weighted by molar-refractivity contribution is 0.0672. The molecule has 1 aromatic heterocycles. The largest absolute Gasteiger partial charge is 0.443 e. The van der Waals surface area contributed by atoms with Crippen molar-refractivity contribution in [2.45, 2.75) is 12.8 Å². The van der Waals surface area contributed by atoms with E-state index in [9.17, 15) is 13.6 Å². The third kappa shape index (κ3) is 3.10. The summed E-state index contributed by atoms with van der Waals surface area (Å²) >= 11 is 0. The minimum atomic E-state index is -0.785. The number of carbonyl (C=O) groups is 1. The second-order valence-electron chi connectivity index (χ2n) is 5.63. The number of halogens is 2. The Morgan fingerprint density at radius 3 is 2.83 bits per heavy atom. The maximum Gasteiger partial charge on any atom is 0.275 e. The topological polar surface area (TPSA) is 72.4 Å². The van der Waals surface area contributed by atoms with Crippen molar-refractivity contribution in [3.05, 3.63) is 41.8 Å². The summed E-state index contributed by atoms with van der Waals surface area (Å²) in [4.78, 5) is 18.1. The molecular formula is C16H17F2N3O2. The number of oxazole rings is 1. The Morgan fingerprint density at radius 1 is 1.39 bits per heavy atom. The molecule has 1 aliphatic rings. The summed E-state index contributed by atoms with van der Waals surface area (Å²) in [7, 11) is 0. The number of benzene rings is 1. The highest BCUT2D eigenvalue weighted by molar-refractivity contribution is 5.92. The second kappa shape index (κ2) is 6.45. The summed E-state index contributed by atoms with van der Waals surface area (Å²) in [6.07, 6.45) is 3.00. The fraction of sp³-hybridized carbons (Fsp3) is 0.375. The molecule has 7 heteroatoms. The molecule has 5 nitrogen and oxygen atoms in total. The van der Waals surface area contributed by atoms with Crippen LogP contribution in [0, 0.1) is 17.6 Å². The smallest absolute Gasteiger partial charge is 0.275 e. The van der Waals surface area contributed by atoms with Crippen LogP contribution in [0.25, 0.3) is 11.5 Å². The second-order valence-corrected chi connectivity index (χ2v) is 5.63. The standard InChI is InChI=1S/C16H17F2N3O2/c17-11-4-1-5-12(18)14(11)15-20-13(9-23-15)16(22)21-6-2-3-10(7-19)8-21/h1,4-5,9-10H,2-3,6-8,19H2. The molecule has 3 rings (SSSR count). The van der Waals surface area contributed by atoms with Crippen molar-refractivity contribution in [3.8, 4) is 11.5 Å². The number of nitrogens with zero attached hydrogens (tertiary/aromatic N) is 2. The molecule has 1 atom stereocenters. The lowest BCUT2D eigenvalue weighted by Crippen LogP contribution is -2.42. The molecule has 0 spiro atoms. The lowest BCUT2D eigenvalue weighted by Gasteiger charge is -2.31. The van der Waals surface area contributed by atoms with E-state index in [0.29, 0.717) is 19.6 Å². The van der Waals surface area contributed by atoms with Gasteiger partial charge < -0.3 is 15.1 Å². The summed E-state index contributed by atoms with van der Waals surface area (Å²) < 4.78 is 32.6. The van der Waals surface area contributed by atoms with Gasteiger partial charge in [0.05, 0.1) is 0 Å². The zero-order chi connectivity index (χ0) is 16.4. The summed E-state index contributed by atoms with van der Waals surface area (Å²) in [6, 6.07) is 3.48. The number of nitrogens with two attached hydrogens (primary N) is 1. The summed E-state index contributed by atoms with van der Waals surface area (Å²) in [6.45, 7) is 1.70. The molecule has 0 radical (unpaired) electrons. The van der Waals surface area contributed by atoms with E-state index in [0.717, 1.165) is 31.2 Å². The van der Waals surface area contributed by atoms with Gasteiger partial charge in [-0.25, -0.2) is 13.8 Å². The van der Waals surface area contributed by atoms with Gasteiger partial charge in [0.25, 0.3) is 5.91 Å². The predicted octanol–water partition coefficient (Wildman–Crippen LogP) is 2.43. The molecule has 1 saturated heterocycles. The Balaban J connectivity index is 1.83. The van der Waals surface area contributed by atoms with Crippen molar-refractivity contribution in [1.29, 1.82) is 0 Å². The molecule has 1 unspecified atom stereocenters. The summed E-state index contributed by atoms with van der Waals surface area (Å²) in [5.41, 5.74) is 5.33. The molecule has 1 amide bonds. The molecule has 1 aliphatic heterocycles. The van der Waals surface area contributed by atoms with Crippen molar-refractivity contribution >= 4 is 5.91 Å². The van der Waals surface area contributed by atoms with Crippen LogP contribution in [0.2, 0.25) is 0 Å². The van der Waals surface area contributed by atoms with Crippen molar-refractivity contribution in [3.63, 3.8) is 0 Å². The van der Waals surface area contributed by atoms with E-state index < -0.39 is 11.6 Å². The third-order valence-corrected chi connectivity index (χ3v) is 4.04. The average molecular weight is 321 g/mol. The van der Waals surface area contributed by atoms with Crippen LogP contribution in [0.15, 0.2) is 28.9 Å². The number of amides is 1. The van der Waals surface area contributed by atoms with Crippen LogP contribution in [-0.2, 0) is 0 Å². The van der Waals surface area contributed by atoms with Crippen LogP contribution in [0.3, 0.4) is 0 Å². The van der Waals surface area contributed by atoms with E-state index in [1.807, 2.05) is 0 Å². The van der Waals surface area contributed by atoms with Gasteiger partial charge in [0, 0.05) is 13.1 Å². The molecule has 2 aromatic rings. The van der Waals surface area contributed by atoms with E-state index in [4.69, 9.17) is 10.2 Å². The van der Waals surface area contributed by atoms with Crippen LogP contribution in [0.4, 0.5) is 8.78 Å². The molecule has 23 heavy (non-hydrogen) atoms. The molecule has 0 bridgehead atoms. The van der Waals surface area contributed by atoms with Crippen molar-refractivity contribution in [2.75, 3.05) is 19.6 Å². The van der Waals surface area contributed by atoms with Gasteiger partial charge in [-0.15, -0.1) is 0 Å². The highest BCUT2D eigenvalue weighted by Gasteiger charge is 2.26. The van der Waals surface area contributed by atoms with Gasteiger partial charge in [-0.2, -0.15) is 0 Å². The van der Waals surface area contributed by atoms with E-state index in [1.54, 1.807) is 4.90 Å². The van der Waals surface area contributed by atoms with E-state index in [2.05, 4.69) is 4.98 Å². The maximum atomic E-state index is 13.7. The first-order chi connectivity index (χ1) is 11.1. The molecule has 1 fully saturated rings. The number of hydrogen-bond acceptors (Lipinski definition) is 4. The average Bonchev–Trinajstić information content (AvgIpc) is 3.03. The van der Waals surface area contributed by atoms with Gasteiger partial charge in [-0.1, -0.05) is 6.07 Å². The quantitative estimate of drug-likeness (QED) is 0.942. The van der Waals surface area contributed by atoms with Gasteiger partial charge in [0.1, 0.15) is 23.5 Å². The Morgan fingerprint density at radius 2 is 2.13 bits per heavy atom. The molecule has 1 aromatic carbocycles. The van der Waals surface area contributed by atoms with Gasteiger partial charge in [-0.3, -0.25) is 4.79 Å². The number of rotatable bonds is 3. The predicted molar refractivity (Wildman–Crippen MR) is 79.5 cm³/mol. The van der Waals surface area contributed by atoms with Crippen LogP contribution >= 0.6 is 0 Å². The monoisotopic (exact) mass is 321 g/mol. The zero-order valence-corrected chi connectivity index (χ0v) is 12.5. The molecular weight excluding hydrogens is 304 g/mol. The van der Waals surface area contributed by atoms with Gasteiger partial charge >= 0.3 is 0 Å². The van der Waals surface area contributed by atoms with Crippen LogP contribution < -0.4 is 5.73 Å². The number of piperidine rings is 1. The first-order valence-electron chi connectivity index (χ1n) is 7.49. The first kappa shape index (κ1) is 15.6. The van der Waals surface area contributed by atoms with Crippen LogP contribution in [-0.4, -0.2) is 35.4 Å². The first-order valence-corrected chi connectivity index (χ1v) is 7.49. The number of carbonyl (C=O) groups excluding carboxylic acids is 1. The number of likely N-dealkylation sites (tertiary alicyclic amines) is 1. The molecule has 0 saturated carbocycles. The van der Waals surface area contributed by atoms with E-state index in [-0.39, 0.29) is 29.0 Å². The normalized spacial score (nSPS) is 18.2. The van der Waals surface area contributed by atoms with E-state index >= 15 is 0 Å². The summed E-state index contributed by atoms with van der Waals surface area (Å²) in [5, 5.41) is 0. The Kier molecular flexibility index (Phi) is 4.38. The van der Waals surface area contributed by atoms with Crippen LogP contribution in [0.1, 0.15) is 23.3 Å². The fourth-order valence-corrected chi connectivity index (χ4v) is 2.79. The molecule has 0 aliphatic carbocycles. The summed E-state index contributed by atoms with van der Waals surface area (Å²) in [5.74, 6) is -1.85. The fourth-order valence-electron chi connectivity index (χ4n) is 2.79. The Hall–Kier alpha value is -2.28. The van der Waals surface area contributed by atoms with Gasteiger partial charge in [0.15, 0.2) is 5.69 Å². The molecule has 122 valence electrons. The minimum absolute atomic E-state index is 0.0420. The lowest BCUT2D eigenvalue weighted by atomic mass is 9.98. The highest BCUT2D eigenvalue weighted by atomic mass is 19.1. The van der Waals surface area contributed by atoms with E-state index in [1.165, 1.54) is 6.07 Å². The Bertz CT molecular complexity index is 697. The minimum Gasteiger partial charge on any atom is -0.443 e. The Labute approximate surface area is 132 Å².